The lowest BCUT2D eigenvalue weighted by molar-refractivity contribution is -0.139. The van der Waals surface area contributed by atoms with Gasteiger partial charge in [0.2, 0.25) is 0 Å². The zero-order chi connectivity index (χ0) is 21.2. The molecule has 1 aliphatic rings. The summed E-state index contributed by atoms with van der Waals surface area (Å²) in [6.07, 6.45) is 1.53. The summed E-state index contributed by atoms with van der Waals surface area (Å²) in [5.41, 5.74) is 0.634. The minimum Gasteiger partial charge on any atom is -0.495 e. The van der Waals surface area contributed by atoms with Crippen LogP contribution in [0.4, 0.5) is 10.5 Å². The van der Waals surface area contributed by atoms with E-state index in [1.54, 1.807) is 24.1 Å². The average molecular weight is 405 g/mol. The first-order valence-electron chi connectivity index (χ1n) is 9.80. The van der Waals surface area contributed by atoms with Crippen LogP contribution in [-0.4, -0.2) is 81.6 Å². The van der Waals surface area contributed by atoms with E-state index >= 15 is 0 Å². The van der Waals surface area contributed by atoms with Crippen LogP contribution in [-0.2, 0) is 9.59 Å². The van der Waals surface area contributed by atoms with Gasteiger partial charge in [0.15, 0.2) is 0 Å². The van der Waals surface area contributed by atoms with Gasteiger partial charge in [0, 0.05) is 32.7 Å². The first-order chi connectivity index (χ1) is 13.9. The fourth-order valence-electron chi connectivity index (χ4n) is 3.07. The molecule has 1 aromatic rings. The molecule has 29 heavy (non-hydrogen) atoms. The Hall–Kier alpha value is -2.81. The summed E-state index contributed by atoms with van der Waals surface area (Å²) in [6.45, 7) is 2.72. The van der Waals surface area contributed by atoms with Gasteiger partial charge in [-0.15, -0.1) is 0 Å². The number of methoxy groups -OCH3 is 1. The van der Waals surface area contributed by atoms with Crippen molar-refractivity contribution in [2.24, 2.45) is 5.92 Å². The highest BCUT2D eigenvalue weighted by molar-refractivity contribution is 6.35. The maximum absolute atomic E-state index is 12.5. The smallest absolute Gasteiger partial charge is 0.321 e. The van der Waals surface area contributed by atoms with Crippen LogP contribution in [0.25, 0.3) is 0 Å². The van der Waals surface area contributed by atoms with Gasteiger partial charge in [-0.2, -0.15) is 0 Å². The Morgan fingerprint density at radius 3 is 2.41 bits per heavy atom. The van der Waals surface area contributed by atoms with Gasteiger partial charge in [0.25, 0.3) is 0 Å². The van der Waals surface area contributed by atoms with Crippen molar-refractivity contribution >= 4 is 23.5 Å². The number of ether oxygens (including phenoxy) is 1. The number of likely N-dealkylation sites (tertiary alicyclic amines) is 1. The Morgan fingerprint density at radius 1 is 1.10 bits per heavy atom. The molecule has 1 saturated heterocycles. The highest BCUT2D eigenvalue weighted by Crippen LogP contribution is 2.24. The van der Waals surface area contributed by atoms with E-state index in [-0.39, 0.29) is 11.9 Å². The van der Waals surface area contributed by atoms with E-state index in [4.69, 9.17) is 4.74 Å². The Bertz CT molecular complexity index is 702. The molecule has 160 valence electrons. The number of hydrogen-bond acceptors (Lipinski definition) is 5. The molecule has 3 N–H and O–H groups in total. The molecule has 1 aliphatic heterocycles. The summed E-state index contributed by atoms with van der Waals surface area (Å²) in [6, 6.07) is 7.10. The monoisotopic (exact) mass is 405 g/mol. The average Bonchev–Trinajstić information content (AvgIpc) is 2.72. The minimum atomic E-state index is -0.611. The van der Waals surface area contributed by atoms with Gasteiger partial charge in [-0.05, 0) is 45.0 Å². The number of nitrogens with one attached hydrogen (secondary N) is 3. The van der Waals surface area contributed by atoms with Crippen LogP contribution >= 0.6 is 0 Å². The second-order valence-corrected chi connectivity index (χ2v) is 7.33. The van der Waals surface area contributed by atoms with Gasteiger partial charge in [-0.1, -0.05) is 12.1 Å². The van der Waals surface area contributed by atoms with E-state index in [9.17, 15) is 14.4 Å². The number of carbonyl (C=O) groups is 3. The topological polar surface area (TPSA) is 103 Å². The zero-order valence-corrected chi connectivity index (χ0v) is 17.4. The molecule has 4 amide bonds. The van der Waals surface area contributed by atoms with Crippen molar-refractivity contribution in [2.45, 2.75) is 12.8 Å². The number of carbonyl (C=O) groups excluding carboxylic acids is 3. The number of anilines is 1. The number of rotatable bonds is 7. The van der Waals surface area contributed by atoms with Gasteiger partial charge in [-0.3, -0.25) is 9.59 Å². The molecule has 9 nitrogen and oxygen atoms in total. The first kappa shape index (κ1) is 22.5. The minimum absolute atomic E-state index is 0.169. The normalized spacial score (nSPS) is 14.4. The van der Waals surface area contributed by atoms with Crippen molar-refractivity contribution in [3.63, 3.8) is 0 Å². The van der Waals surface area contributed by atoms with Crippen LogP contribution in [0.5, 0.6) is 5.75 Å². The largest absolute Gasteiger partial charge is 0.495 e. The summed E-state index contributed by atoms with van der Waals surface area (Å²) in [5, 5.41) is 8.16. The van der Waals surface area contributed by atoms with Crippen LogP contribution in [0.3, 0.4) is 0 Å². The molecule has 1 aromatic carbocycles. The molecule has 0 bridgehead atoms. The molecule has 2 rings (SSSR count). The maximum Gasteiger partial charge on any atom is 0.321 e. The van der Waals surface area contributed by atoms with E-state index in [0.717, 1.165) is 12.8 Å². The summed E-state index contributed by atoms with van der Waals surface area (Å²) in [7, 11) is 5.36. The standard InChI is InChI=1S/C20H31N5O4/c1-24(2)13-10-21-18(26)19(27)22-14-15-8-11-25(12-9-15)20(28)23-16-6-4-5-7-17(16)29-3/h4-7,15H,8-14H2,1-3H3,(H,21,26)(H,22,27)(H,23,28). The summed E-state index contributed by atoms with van der Waals surface area (Å²) in [5.74, 6) is -0.369. The predicted octanol–water partition coefficient (Wildman–Crippen LogP) is 0.733. The van der Waals surface area contributed by atoms with E-state index in [2.05, 4.69) is 16.0 Å². The number of para-hydroxylation sites is 2. The second-order valence-electron chi connectivity index (χ2n) is 7.33. The number of benzene rings is 1. The Morgan fingerprint density at radius 2 is 1.76 bits per heavy atom. The molecular weight excluding hydrogens is 374 g/mol. The summed E-state index contributed by atoms with van der Waals surface area (Å²) >= 11 is 0. The van der Waals surface area contributed by atoms with Crippen LogP contribution < -0.4 is 20.7 Å². The lowest BCUT2D eigenvalue weighted by Gasteiger charge is -2.32. The molecule has 0 atom stereocenters. The number of piperidine rings is 1. The van der Waals surface area contributed by atoms with E-state index in [1.165, 1.54) is 0 Å². The Balaban J connectivity index is 1.70. The maximum atomic E-state index is 12.5. The lowest BCUT2D eigenvalue weighted by Crippen LogP contribution is -2.46. The van der Waals surface area contributed by atoms with Crippen molar-refractivity contribution in [1.82, 2.24) is 20.4 Å². The van der Waals surface area contributed by atoms with E-state index in [0.29, 0.717) is 44.2 Å². The molecule has 0 saturated carbocycles. The fourth-order valence-corrected chi connectivity index (χ4v) is 3.07. The van der Waals surface area contributed by atoms with Crippen molar-refractivity contribution in [3.8, 4) is 5.75 Å². The summed E-state index contributed by atoms with van der Waals surface area (Å²) in [4.78, 5) is 39.8. The van der Waals surface area contributed by atoms with Gasteiger partial charge in [0.1, 0.15) is 5.75 Å². The SMILES string of the molecule is COc1ccccc1NC(=O)N1CCC(CNC(=O)C(=O)NCCN(C)C)CC1. The highest BCUT2D eigenvalue weighted by atomic mass is 16.5. The second kappa shape index (κ2) is 11.3. The lowest BCUT2D eigenvalue weighted by atomic mass is 9.97. The fraction of sp³-hybridized carbons (Fsp3) is 0.550. The third-order valence-corrected chi connectivity index (χ3v) is 4.85. The van der Waals surface area contributed by atoms with Crippen LogP contribution in [0, 0.1) is 5.92 Å². The molecule has 0 unspecified atom stereocenters. The number of hydrogen-bond donors (Lipinski definition) is 3. The summed E-state index contributed by atoms with van der Waals surface area (Å²) < 4.78 is 5.25. The Kier molecular flexibility index (Phi) is 8.72. The van der Waals surface area contributed by atoms with Crippen molar-refractivity contribution in [3.05, 3.63) is 24.3 Å². The van der Waals surface area contributed by atoms with Crippen molar-refractivity contribution < 1.29 is 19.1 Å². The Labute approximate surface area is 171 Å². The quantitative estimate of drug-likeness (QED) is 0.581. The highest BCUT2D eigenvalue weighted by Gasteiger charge is 2.24. The molecule has 0 aliphatic carbocycles. The molecule has 0 aromatic heterocycles. The first-order valence-corrected chi connectivity index (χ1v) is 9.80. The molecule has 1 fully saturated rings. The molecule has 0 spiro atoms. The number of nitrogens with zero attached hydrogens (tertiary/aromatic N) is 2. The molecule has 1 heterocycles. The molecule has 9 heteroatoms. The molecular formula is C20H31N5O4. The van der Waals surface area contributed by atoms with Gasteiger partial charge >= 0.3 is 17.8 Å². The van der Waals surface area contributed by atoms with Crippen LogP contribution in [0.1, 0.15) is 12.8 Å². The number of urea groups is 1. The van der Waals surface area contributed by atoms with E-state index < -0.39 is 11.8 Å². The zero-order valence-electron chi connectivity index (χ0n) is 17.4. The molecule has 0 radical (unpaired) electrons. The van der Waals surface area contributed by atoms with E-state index in [1.807, 2.05) is 31.1 Å². The van der Waals surface area contributed by atoms with Gasteiger partial charge in [0.05, 0.1) is 12.8 Å². The van der Waals surface area contributed by atoms with Gasteiger partial charge < -0.3 is 30.5 Å². The number of likely N-dealkylation sites (N-methyl/N-ethyl adjacent to an activating group) is 1. The van der Waals surface area contributed by atoms with Crippen molar-refractivity contribution in [2.75, 3.05) is 59.2 Å². The van der Waals surface area contributed by atoms with Crippen LogP contribution in [0.2, 0.25) is 0 Å². The van der Waals surface area contributed by atoms with Gasteiger partial charge in [-0.25, -0.2) is 4.79 Å². The predicted molar refractivity (Wildman–Crippen MR) is 111 cm³/mol. The van der Waals surface area contributed by atoms with Crippen molar-refractivity contribution in [1.29, 1.82) is 0 Å². The third kappa shape index (κ3) is 7.26. The number of amides is 4. The third-order valence-electron chi connectivity index (χ3n) is 4.85. The van der Waals surface area contributed by atoms with Crippen LogP contribution in [0.15, 0.2) is 24.3 Å².